The van der Waals surface area contributed by atoms with Crippen molar-refractivity contribution in [3.8, 4) is 0 Å². The molecule has 0 spiro atoms. The summed E-state index contributed by atoms with van der Waals surface area (Å²) in [6.45, 7) is 4.59. The Labute approximate surface area is 68.7 Å². The monoisotopic (exact) mass is 151 g/mol. The highest BCUT2D eigenvalue weighted by Gasteiger charge is 2.45. The highest BCUT2D eigenvalue weighted by atomic mass is 16.1. The molecule has 0 atom stereocenters. The fraction of sp³-hybridized carbons (Fsp3) is 0.625. The summed E-state index contributed by atoms with van der Waals surface area (Å²) in [5, 5.41) is 0. The van der Waals surface area contributed by atoms with Crippen molar-refractivity contribution in [1.82, 2.24) is 4.81 Å². The number of hydrogen-bond acceptors (Lipinski definition) is 2. The van der Waals surface area contributed by atoms with Crippen LogP contribution in [0.5, 0.6) is 0 Å². The Balaban J connectivity index is 2.34. The number of rotatable bonds is 5. The predicted molar refractivity (Wildman–Crippen MR) is 48.1 cm³/mol. The molecule has 1 aliphatic carbocycles. The van der Waals surface area contributed by atoms with Crippen molar-refractivity contribution in [2.45, 2.75) is 24.8 Å². The van der Waals surface area contributed by atoms with Crippen molar-refractivity contribution < 1.29 is 4.79 Å². The van der Waals surface area contributed by atoms with Gasteiger partial charge in [0.05, 0.1) is 5.54 Å². The summed E-state index contributed by atoms with van der Waals surface area (Å²) < 4.78 is 0. The van der Waals surface area contributed by atoms with Crippen LogP contribution in [0.2, 0.25) is 0 Å². The van der Waals surface area contributed by atoms with E-state index in [1.165, 1.54) is 0 Å². The third-order valence-electron chi connectivity index (χ3n) is 2.41. The second kappa shape index (κ2) is 3.22. The summed E-state index contributed by atoms with van der Waals surface area (Å²) in [6.07, 6.45) is 5.99. The van der Waals surface area contributed by atoms with Crippen LogP contribution in [0, 0.1) is 0 Å². The molecular weight excluding hydrogens is 137 g/mol. The number of aldehydes is 1. The molecule has 0 aromatic heterocycles. The molecule has 1 aliphatic rings. The molecule has 1 fully saturated rings. The number of hydrogen-bond donors (Lipinski definition) is 0. The van der Waals surface area contributed by atoms with Crippen LogP contribution in [0.25, 0.3) is 0 Å². The van der Waals surface area contributed by atoms with E-state index in [-0.39, 0.29) is 5.54 Å². The maximum Gasteiger partial charge on any atom is 0.186 e. The molecule has 60 valence electrons. The first kappa shape index (κ1) is 8.53. The van der Waals surface area contributed by atoms with Crippen LogP contribution in [-0.4, -0.2) is 31.2 Å². The lowest BCUT2D eigenvalue weighted by molar-refractivity contribution is -0.112. The second-order valence-electron chi connectivity index (χ2n) is 3.22. The topological polar surface area (TPSA) is 20.3 Å². The minimum absolute atomic E-state index is 0.0942. The van der Waals surface area contributed by atoms with E-state index in [1.807, 2.05) is 14.1 Å². The van der Waals surface area contributed by atoms with Crippen LogP contribution in [0.4, 0.5) is 0 Å². The molecule has 0 unspecified atom stereocenters. The molecule has 0 amide bonds. The highest BCUT2D eigenvalue weighted by Crippen LogP contribution is 2.38. The van der Waals surface area contributed by atoms with Gasteiger partial charge in [0.1, 0.15) is 6.29 Å². The Morgan fingerprint density at radius 3 is 2.64 bits per heavy atom. The zero-order valence-corrected chi connectivity index (χ0v) is 7.05. The van der Waals surface area contributed by atoms with E-state index in [4.69, 9.17) is 0 Å². The summed E-state index contributed by atoms with van der Waals surface area (Å²) in [5.41, 5.74) is -0.0942. The molecule has 1 saturated carbocycles. The molecular formula is C8H14BNO. The summed E-state index contributed by atoms with van der Waals surface area (Å²) in [7, 11) is 2.00. The van der Waals surface area contributed by atoms with Gasteiger partial charge in [0.2, 0.25) is 0 Å². The first-order valence-electron chi connectivity index (χ1n) is 4.04. The van der Waals surface area contributed by atoms with Crippen LogP contribution >= 0.6 is 0 Å². The lowest BCUT2D eigenvalue weighted by Gasteiger charge is -2.22. The summed E-state index contributed by atoms with van der Waals surface area (Å²) >= 11 is 0. The van der Waals surface area contributed by atoms with Gasteiger partial charge in [-0.05, 0) is 25.8 Å². The van der Waals surface area contributed by atoms with E-state index in [2.05, 4.69) is 11.4 Å². The SMILES string of the molecule is BN(CCC=C)C1(C=O)CC1. The summed E-state index contributed by atoms with van der Waals surface area (Å²) in [6, 6.07) is 0. The van der Waals surface area contributed by atoms with Gasteiger partial charge in [-0.15, -0.1) is 6.58 Å². The van der Waals surface area contributed by atoms with Gasteiger partial charge >= 0.3 is 0 Å². The van der Waals surface area contributed by atoms with Crippen molar-refractivity contribution >= 4 is 14.3 Å². The van der Waals surface area contributed by atoms with Gasteiger partial charge in [0.15, 0.2) is 7.98 Å². The lowest BCUT2D eigenvalue weighted by atomic mass is 10.1. The fourth-order valence-corrected chi connectivity index (χ4v) is 1.23. The minimum Gasteiger partial charge on any atom is -0.338 e. The van der Waals surface area contributed by atoms with Crippen LogP contribution in [0.1, 0.15) is 19.3 Å². The van der Waals surface area contributed by atoms with E-state index in [0.717, 1.165) is 32.1 Å². The summed E-state index contributed by atoms with van der Waals surface area (Å²) in [4.78, 5) is 12.8. The average molecular weight is 151 g/mol. The number of nitrogens with zero attached hydrogens (tertiary/aromatic N) is 1. The minimum atomic E-state index is -0.0942. The zero-order chi connectivity index (χ0) is 8.32. The molecule has 0 aromatic rings. The highest BCUT2D eigenvalue weighted by molar-refractivity contribution is 6.06. The summed E-state index contributed by atoms with van der Waals surface area (Å²) in [5.74, 6) is 0. The molecule has 0 N–H and O–H groups in total. The Hall–Kier alpha value is -0.565. The van der Waals surface area contributed by atoms with Gasteiger partial charge in [0, 0.05) is 0 Å². The molecule has 11 heavy (non-hydrogen) atoms. The quantitative estimate of drug-likeness (QED) is 0.316. The van der Waals surface area contributed by atoms with Crippen LogP contribution in [0.15, 0.2) is 12.7 Å². The number of carbonyl (C=O) groups excluding carboxylic acids is 1. The van der Waals surface area contributed by atoms with Crippen molar-refractivity contribution in [3.05, 3.63) is 12.7 Å². The Morgan fingerprint density at radius 1 is 1.64 bits per heavy atom. The standard InChI is InChI=1S/C8H14BNO/c1-2-3-6-10(9)8(7-11)4-5-8/h2,7H,1,3-6,9H2. The largest absolute Gasteiger partial charge is 0.338 e. The van der Waals surface area contributed by atoms with Gasteiger partial charge < -0.3 is 9.61 Å². The van der Waals surface area contributed by atoms with Crippen molar-refractivity contribution in [2.24, 2.45) is 0 Å². The van der Waals surface area contributed by atoms with Crippen molar-refractivity contribution in [2.75, 3.05) is 6.54 Å². The molecule has 0 aliphatic heterocycles. The van der Waals surface area contributed by atoms with Gasteiger partial charge in [-0.1, -0.05) is 6.08 Å². The Morgan fingerprint density at radius 2 is 2.27 bits per heavy atom. The number of carbonyl (C=O) groups is 1. The molecule has 0 aromatic carbocycles. The maximum atomic E-state index is 10.6. The van der Waals surface area contributed by atoms with Crippen LogP contribution in [-0.2, 0) is 4.79 Å². The van der Waals surface area contributed by atoms with Crippen LogP contribution in [0.3, 0.4) is 0 Å². The van der Waals surface area contributed by atoms with Gasteiger partial charge in [0.25, 0.3) is 0 Å². The second-order valence-corrected chi connectivity index (χ2v) is 3.22. The molecule has 0 bridgehead atoms. The molecule has 0 heterocycles. The fourth-order valence-electron chi connectivity index (χ4n) is 1.23. The molecule has 0 saturated heterocycles. The van der Waals surface area contributed by atoms with Crippen LogP contribution < -0.4 is 0 Å². The first-order chi connectivity index (χ1) is 5.25. The molecule has 3 heteroatoms. The molecule has 2 nitrogen and oxygen atoms in total. The van der Waals surface area contributed by atoms with Gasteiger partial charge in [-0.3, -0.25) is 0 Å². The van der Waals surface area contributed by atoms with E-state index in [1.54, 1.807) is 0 Å². The van der Waals surface area contributed by atoms with Crippen molar-refractivity contribution in [1.29, 1.82) is 0 Å². The molecule has 1 rings (SSSR count). The Bertz CT molecular complexity index is 165. The van der Waals surface area contributed by atoms with E-state index < -0.39 is 0 Å². The Kier molecular flexibility index (Phi) is 2.50. The third-order valence-corrected chi connectivity index (χ3v) is 2.41. The zero-order valence-electron chi connectivity index (χ0n) is 7.05. The normalized spacial score (nSPS) is 19.7. The van der Waals surface area contributed by atoms with Crippen molar-refractivity contribution in [3.63, 3.8) is 0 Å². The van der Waals surface area contributed by atoms with E-state index >= 15 is 0 Å². The average Bonchev–Trinajstić information content (AvgIpc) is 2.80. The van der Waals surface area contributed by atoms with E-state index in [0.29, 0.717) is 0 Å². The van der Waals surface area contributed by atoms with Gasteiger partial charge in [-0.2, -0.15) is 0 Å². The van der Waals surface area contributed by atoms with E-state index in [9.17, 15) is 4.79 Å². The molecule has 0 radical (unpaired) electrons. The predicted octanol–water partition coefficient (Wildman–Crippen LogP) is 0.144. The first-order valence-corrected chi connectivity index (χ1v) is 4.04. The maximum absolute atomic E-state index is 10.6. The smallest absolute Gasteiger partial charge is 0.186 e. The third kappa shape index (κ3) is 1.72. The lowest BCUT2D eigenvalue weighted by Crippen LogP contribution is -2.36. The van der Waals surface area contributed by atoms with Gasteiger partial charge in [-0.25, -0.2) is 0 Å².